The lowest BCUT2D eigenvalue weighted by Gasteiger charge is -2.40. The highest BCUT2D eigenvalue weighted by molar-refractivity contribution is 7.99. The molecular formula is C15H30N2S. The fourth-order valence-electron chi connectivity index (χ4n) is 3.59. The number of nitrogens with one attached hydrogen (secondary N) is 1. The van der Waals surface area contributed by atoms with Gasteiger partial charge >= 0.3 is 0 Å². The first-order valence-electron chi connectivity index (χ1n) is 7.72. The van der Waals surface area contributed by atoms with Crippen LogP contribution in [-0.2, 0) is 0 Å². The van der Waals surface area contributed by atoms with Crippen molar-refractivity contribution in [2.45, 2.75) is 62.2 Å². The number of likely N-dealkylation sites (tertiary alicyclic amines) is 1. The third-order valence-corrected chi connectivity index (χ3v) is 6.25. The predicted molar refractivity (Wildman–Crippen MR) is 82.5 cm³/mol. The minimum Gasteiger partial charge on any atom is -0.314 e. The van der Waals surface area contributed by atoms with Crippen LogP contribution in [0.4, 0.5) is 0 Å². The minimum atomic E-state index is 0.467. The lowest BCUT2D eigenvalue weighted by Crippen LogP contribution is -2.48. The fourth-order valence-corrected chi connectivity index (χ4v) is 4.28. The average molecular weight is 270 g/mol. The first-order valence-corrected chi connectivity index (χ1v) is 9.01. The molecule has 1 N–H and O–H groups in total. The molecule has 2 fully saturated rings. The van der Waals surface area contributed by atoms with E-state index < -0.39 is 0 Å². The van der Waals surface area contributed by atoms with E-state index in [1.54, 1.807) is 0 Å². The molecule has 1 saturated heterocycles. The highest BCUT2D eigenvalue weighted by Gasteiger charge is 2.30. The van der Waals surface area contributed by atoms with Crippen LogP contribution in [0.1, 0.15) is 51.4 Å². The van der Waals surface area contributed by atoms with Gasteiger partial charge in [0.15, 0.2) is 0 Å². The van der Waals surface area contributed by atoms with Gasteiger partial charge in [0.25, 0.3) is 0 Å². The third kappa shape index (κ3) is 3.88. The molecule has 0 amide bonds. The van der Waals surface area contributed by atoms with Crippen molar-refractivity contribution in [1.82, 2.24) is 10.2 Å². The van der Waals surface area contributed by atoms with Crippen LogP contribution < -0.4 is 5.32 Å². The second-order valence-electron chi connectivity index (χ2n) is 6.12. The van der Waals surface area contributed by atoms with Crippen molar-refractivity contribution in [1.29, 1.82) is 0 Å². The normalized spacial score (nSPS) is 26.3. The van der Waals surface area contributed by atoms with Gasteiger partial charge in [-0.2, -0.15) is 11.8 Å². The molecule has 0 aromatic heterocycles. The average Bonchev–Trinajstić information content (AvgIpc) is 2.47. The van der Waals surface area contributed by atoms with Crippen molar-refractivity contribution < 1.29 is 0 Å². The van der Waals surface area contributed by atoms with Crippen LogP contribution in [-0.4, -0.2) is 48.6 Å². The molecule has 0 spiro atoms. The van der Waals surface area contributed by atoms with E-state index in [4.69, 9.17) is 0 Å². The summed E-state index contributed by atoms with van der Waals surface area (Å²) in [6.07, 6.45) is 13.5. The fraction of sp³-hybridized carbons (Fsp3) is 1.00. The Kier molecular flexibility index (Phi) is 5.84. The predicted octanol–water partition coefficient (Wildman–Crippen LogP) is 3.13. The lowest BCUT2D eigenvalue weighted by molar-refractivity contribution is 0.168. The Labute approximate surface area is 117 Å². The molecular weight excluding hydrogens is 240 g/mol. The molecule has 2 rings (SSSR count). The van der Waals surface area contributed by atoms with Gasteiger partial charge in [0.2, 0.25) is 0 Å². The number of piperidine rings is 1. The summed E-state index contributed by atoms with van der Waals surface area (Å²) in [5.41, 5.74) is 0.467. The maximum absolute atomic E-state index is 3.65. The van der Waals surface area contributed by atoms with Gasteiger partial charge in [0.05, 0.1) is 0 Å². The smallest absolute Gasteiger partial charge is 0.0190 e. The van der Waals surface area contributed by atoms with Crippen molar-refractivity contribution in [3.05, 3.63) is 0 Å². The molecule has 0 radical (unpaired) electrons. The first-order chi connectivity index (χ1) is 8.78. The van der Waals surface area contributed by atoms with Crippen molar-refractivity contribution in [2.75, 3.05) is 32.9 Å². The van der Waals surface area contributed by atoms with Crippen LogP contribution in [0, 0.1) is 0 Å². The maximum atomic E-state index is 3.65. The summed E-state index contributed by atoms with van der Waals surface area (Å²) in [4.78, 5) is 2.69. The van der Waals surface area contributed by atoms with Crippen LogP contribution >= 0.6 is 11.8 Å². The Morgan fingerprint density at radius 2 is 1.83 bits per heavy atom. The van der Waals surface area contributed by atoms with Gasteiger partial charge in [-0.1, -0.05) is 19.3 Å². The van der Waals surface area contributed by atoms with Crippen LogP contribution in [0.25, 0.3) is 0 Å². The molecule has 2 aliphatic rings. The summed E-state index contributed by atoms with van der Waals surface area (Å²) in [6, 6.07) is 0. The Hall–Kier alpha value is 0.270. The second-order valence-corrected chi connectivity index (χ2v) is 7.26. The SMILES string of the molecule is CNC1(CCN2CCC(SC)CC2)CCCCC1. The van der Waals surface area contributed by atoms with E-state index in [0.29, 0.717) is 5.54 Å². The summed E-state index contributed by atoms with van der Waals surface area (Å²) >= 11 is 2.06. The molecule has 2 nitrogen and oxygen atoms in total. The molecule has 3 heteroatoms. The van der Waals surface area contributed by atoms with Gasteiger partial charge in [0, 0.05) is 10.8 Å². The molecule has 1 heterocycles. The summed E-state index contributed by atoms with van der Waals surface area (Å²) in [5.74, 6) is 0. The number of rotatable bonds is 5. The topological polar surface area (TPSA) is 15.3 Å². The van der Waals surface area contributed by atoms with E-state index in [9.17, 15) is 0 Å². The van der Waals surface area contributed by atoms with Crippen molar-refractivity contribution in [3.63, 3.8) is 0 Å². The van der Waals surface area contributed by atoms with Gasteiger partial charge in [-0.25, -0.2) is 0 Å². The lowest BCUT2D eigenvalue weighted by atomic mass is 9.79. The monoisotopic (exact) mass is 270 g/mol. The molecule has 1 aliphatic heterocycles. The second kappa shape index (κ2) is 7.16. The van der Waals surface area contributed by atoms with Crippen LogP contribution in [0.3, 0.4) is 0 Å². The zero-order valence-electron chi connectivity index (χ0n) is 12.2. The van der Waals surface area contributed by atoms with Gasteiger partial charge in [-0.05, 0) is 65.0 Å². The van der Waals surface area contributed by atoms with E-state index in [1.807, 2.05) is 0 Å². The Balaban J connectivity index is 1.73. The number of nitrogens with zero attached hydrogens (tertiary/aromatic N) is 1. The van der Waals surface area contributed by atoms with E-state index in [-0.39, 0.29) is 0 Å². The molecule has 0 aromatic rings. The molecule has 106 valence electrons. The summed E-state index contributed by atoms with van der Waals surface area (Å²) < 4.78 is 0. The largest absolute Gasteiger partial charge is 0.314 e. The van der Waals surface area contributed by atoms with Crippen molar-refractivity contribution in [2.24, 2.45) is 0 Å². The quantitative estimate of drug-likeness (QED) is 0.826. The van der Waals surface area contributed by atoms with Gasteiger partial charge in [-0.3, -0.25) is 0 Å². The molecule has 0 atom stereocenters. The Morgan fingerprint density at radius 1 is 1.17 bits per heavy atom. The molecule has 0 aromatic carbocycles. The first kappa shape index (κ1) is 14.7. The highest BCUT2D eigenvalue weighted by atomic mass is 32.2. The van der Waals surface area contributed by atoms with Crippen LogP contribution in [0.15, 0.2) is 0 Å². The number of hydrogen-bond donors (Lipinski definition) is 1. The third-order valence-electron chi connectivity index (χ3n) is 5.12. The van der Waals surface area contributed by atoms with E-state index in [0.717, 1.165) is 5.25 Å². The maximum Gasteiger partial charge on any atom is 0.0190 e. The van der Waals surface area contributed by atoms with Gasteiger partial charge in [-0.15, -0.1) is 0 Å². The Bertz CT molecular complexity index is 231. The van der Waals surface area contributed by atoms with Crippen molar-refractivity contribution in [3.8, 4) is 0 Å². The summed E-state index contributed by atoms with van der Waals surface area (Å²) in [6.45, 7) is 3.96. The van der Waals surface area contributed by atoms with Crippen LogP contribution in [0.5, 0.6) is 0 Å². The van der Waals surface area contributed by atoms with E-state index >= 15 is 0 Å². The molecule has 18 heavy (non-hydrogen) atoms. The summed E-state index contributed by atoms with van der Waals surface area (Å²) in [7, 11) is 2.17. The molecule has 0 bridgehead atoms. The van der Waals surface area contributed by atoms with E-state index in [1.165, 1.54) is 71.0 Å². The molecule has 0 unspecified atom stereocenters. The highest BCUT2D eigenvalue weighted by Crippen LogP contribution is 2.31. The zero-order chi connectivity index (χ0) is 12.8. The van der Waals surface area contributed by atoms with Gasteiger partial charge < -0.3 is 10.2 Å². The zero-order valence-corrected chi connectivity index (χ0v) is 13.0. The minimum absolute atomic E-state index is 0.467. The molecule has 1 saturated carbocycles. The van der Waals surface area contributed by atoms with Crippen molar-refractivity contribution >= 4 is 11.8 Å². The number of thioether (sulfide) groups is 1. The van der Waals surface area contributed by atoms with Gasteiger partial charge in [0.1, 0.15) is 0 Å². The van der Waals surface area contributed by atoms with E-state index in [2.05, 4.69) is 35.3 Å². The standard InChI is InChI=1S/C15H30N2S/c1-16-15(8-4-3-5-9-15)10-13-17-11-6-14(18-2)7-12-17/h14,16H,3-13H2,1-2H3. The summed E-state index contributed by atoms with van der Waals surface area (Å²) in [5, 5.41) is 4.57. The number of hydrogen-bond acceptors (Lipinski definition) is 3. The Morgan fingerprint density at radius 3 is 2.39 bits per heavy atom. The van der Waals surface area contributed by atoms with Crippen LogP contribution in [0.2, 0.25) is 0 Å². The molecule has 1 aliphatic carbocycles.